The Morgan fingerprint density at radius 3 is 2.36 bits per heavy atom. The third kappa shape index (κ3) is 5.66. The van der Waals surface area contributed by atoms with Crippen molar-refractivity contribution in [3.8, 4) is 17.2 Å². The van der Waals surface area contributed by atoms with Crippen LogP contribution in [-0.2, 0) is 6.61 Å². The second kappa shape index (κ2) is 11.5. The third-order valence-corrected chi connectivity index (χ3v) is 6.97. The number of amides is 1. The first-order valence-electron chi connectivity index (χ1n) is 12.5. The molecule has 0 aliphatic heterocycles. The van der Waals surface area contributed by atoms with Crippen LogP contribution in [0.15, 0.2) is 96.1 Å². The number of carbonyl (C=O) groups excluding carboxylic acids is 1. The first kappa shape index (κ1) is 26.1. The number of rotatable bonds is 8. The standard InChI is InChI=1S/C32H28ClN3O3/c1-21-16-26(19-34-35-32(37)29-17-23-8-4-5-9-24(23)18-31(29)38-3)22(2)36(21)27-12-14-28(15-13-27)39-20-25-10-6-7-11-30(25)33/h4-19H,20H2,1-3H3,(H,35,37)/b34-19-. The zero-order chi connectivity index (χ0) is 27.4. The van der Waals surface area contributed by atoms with E-state index < -0.39 is 0 Å². The first-order chi connectivity index (χ1) is 18.9. The van der Waals surface area contributed by atoms with E-state index in [-0.39, 0.29) is 5.91 Å². The Bertz CT molecular complexity index is 1670. The molecule has 1 aromatic heterocycles. The molecule has 7 heteroatoms. The number of hydrogen-bond donors (Lipinski definition) is 1. The van der Waals surface area contributed by atoms with Crippen LogP contribution >= 0.6 is 11.6 Å². The highest BCUT2D eigenvalue weighted by molar-refractivity contribution is 6.31. The van der Waals surface area contributed by atoms with Crippen molar-refractivity contribution in [1.82, 2.24) is 9.99 Å². The predicted molar refractivity (Wildman–Crippen MR) is 157 cm³/mol. The molecular formula is C32H28ClN3O3. The van der Waals surface area contributed by atoms with Gasteiger partial charge in [0.1, 0.15) is 18.1 Å². The van der Waals surface area contributed by atoms with Gasteiger partial charge in [0.15, 0.2) is 0 Å². The summed E-state index contributed by atoms with van der Waals surface area (Å²) < 4.78 is 13.5. The van der Waals surface area contributed by atoms with Crippen LogP contribution in [0.4, 0.5) is 0 Å². The average molecular weight is 538 g/mol. The van der Waals surface area contributed by atoms with Crippen LogP contribution in [0.1, 0.15) is 32.9 Å². The molecule has 1 heterocycles. The molecule has 0 aliphatic carbocycles. The van der Waals surface area contributed by atoms with Crippen LogP contribution in [0.5, 0.6) is 11.5 Å². The molecule has 0 saturated carbocycles. The summed E-state index contributed by atoms with van der Waals surface area (Å²) in [5, 5.41) is 6.88. The van der Waals surface area contributed by atoms with Gasteiger partial charge in [-0.2, -0.15) is 5.10 Å². The molecular weight excluding hydrogens is 510 g/mol. The molecule has 0 radical (unpaired) electrons. The van der Waals surface area contributed by atoms with E-state index in [4.69, 9.17) is 21.1 Å². The number of benzene rings is 4. The molecule has 0 fully saturated rings. The van der Waals surface area contributed by atoms with Crippen molar-refractivity contribution in [3.63, 3.8) is 0 Å². The Balaban J connectivity index is 1.28. The van der Waals surface area contributed by atoms with E-state index >= 15 is 0 Å². The number of methoxy groups -OCH3 is 1. The molecule has 39 heavy (non-hydrogen) atoms. The van der Waals surface area contributed by atoms with Gasteiger partial charge < -0.3 is 14.0 Å². The van der Waals surface area contributed by atoms with Crippen molar-refractivity contribution in [2.45, 2.75) is 20.5 Å². The zero-order valence-electron chi connectivity index (χ0n) is 21.9. The minimum Gasteiger partial charge on any atom is -0.496 e. The smallest absolute Gasteiger partial charge is 0.275 e. The van der Waals surface area contributed by atoms with E-state index in [1.54, 1.807) is 13.3 Å². The highest BCUT2D eigenvalue weighted by atomic mass is 35.5. The minimum absolute atomic E-state index is 0.338. The van der Waals surface area contributed by atoms with Crippen LogP contribution in [0.3, 0.4) is 0 Å². The predicted octanol–water partition coefficient (Wildman–Crippen LogP) is 7.25. The number of ether oxygens (including phenoxy) is 2. The molecule has 4 aromatic carbocycles. The van der Waals surface area contributed by atoms with Crippen molar-refractivity contribution in [2.75, 3.05) is 7.11 Å². The largest absolute Gasteiger partial charge is 0.496 e. The summed E-state index contributed by atoms with van der Waals surface area (Å²) in [5.41, 5.74) is 7.94. The van der Waals surface area contributed by atoms with E-state index in [2.05, 4.69) is 15.1 Å². The Hall–Kier alpha value is -4.55. The van der Waals surface area contributed by atoms with Gasteiger partial charge in [0, 0.05) is 33.2 Å². The van der Waals surface area contributed by atoms with E-state index in [1.807, 2.05) is 105 Å². The summed E-state index contributed by atoms with van der Waals surface area (Å²) in [6, 6.07) is 29.1. The van der Waals surface area contributed by atoms with Crippen molar-refractivity contribution in [3.05, 3.63) is 124 Å². The monoisotopic (exact) mass is 537 g/mol. The summed E-state index contributed by atoms with van der Waals surface area (Å²) in [6.07, 6.45) is 1.66. The van der Waals surface area contributed by atoms with E-state index in [1.165, 1.54) is 0 Å². The van der Waals surface area contributed by atoms with Crippen LogP contribution in [0.2, 0.25) is 5.02 Å². The summed E-state index contributed by atoms with van der Waals surface area (Å²) in [4.78, 5) is 12.9. The number of aromatic nitrogens is 1. The van der Waals surface area contributed by atoms with Crippen molar-refractivity contribution in [2.24, 2.45) is 5.10 Å². The van der Waals surface area contributed by atoms with Gasteiger partial charge in [-0.1, -0.05) is 54.1 Å². The number of nitrogens with one attached hydrogen (secondary N) is 1. The summed E-state index contributed by atoms with van der Waals surface area (Å²) in [5.74, 6) is 0.920. The van der Waals surface area contributed by atoms with Gasteiger partial charge in [-0.3, -0.25) is 4.79 Å². The minimum atomic E-state index is -0.338. The number of halogens is 1. The van der Waals surface area contributed by atoms with Gasteiger partial charge in [-0.15, -0.1) is 0 Å². The van der Waals surface area contributed by atoms with Gasteiger partial charge in [0.25, 0.3) is 5.91 Å². The lowest BCUT2D eigenvalue weighted by Gasteiger charge is -2.12. The second-order valence-corrected chi connectivity index (χ2v) is 9.54. The summed E-state index contributed by atoms with van der Waals surface area (Å²) in [7, 11) is 1.55. The Labute approximate surface area is 232 Å². The lowest BCUT2D eigenvalue weighted by atomic mass is 10.1. The molecule has 0 bridgehead atoms. The second-order valence-electron chi connectivity index (χ2n) is 9.13. The quantitative estimate of drug-likeness (QED) is 0.167. The van der Waals surface area contributed by atoms with Crippen LogP contribution in [-0.4, -0.2) is 23.8 Å². The summed E-state index contributed by atoms with van der Waals surface area (Å²) in [6.45, 7) is 4.45. The maximum absolute atomic E-state index is 12.9. The van der Waals surface area contributed by atoms with E-state index in [0.29, 0.717) is 22.9 Å². The van der Waals surface area contributed by atoms with Crippen LogP contribution in [0, 0.1) is 13.8 Å². The number of carbonyl (C=O) groups is 1. The molecule has 1 amide bonds. The number of nitrogens with zero attached hydrogens (tertiary/aromatic N) is 2. The number of hydrazone groups is 1. The topological polar surface area (TPSA) is 64.8 Å². The lowest BCUT2D eigenvalue weighted by molar-refractivity contribution is 0.0952. The molecule has 0 spiro atoms. The third-order valence-electron chi connectivity index (χ3n) is 6.60. The van der Waals surface area contributed by atoms with Crippen LogP contribution in [0.25, 0.3) is 16.5 Å². The van der Waals surface area contributed by atoms with Crippen molar-refractivity contribution < 1.29 is 14.3 Å². The molecule has 5 rings (SSSR count). The molecule has 1 N–H and O–H groups in total. The average Bonchev–Trinajstić information content (AvgIpc) is 3.24. The van der Waals surface area contributed by atoms with E-state index in [9.17, 15) is 4.79 Å². The number of hydrogen-bond acceptors (Lipinski definition) is 4. The summed E-state index contributed by atoms with van der Waals surface area (Å²) >= 11 is 6.23. The van der Waals surface area contributed by atoms with Crippen molar-refractivity contribution >= 4 is 34.5 Å². The van der Waals surface area contributed by atoms with Gasteiger partial charge in [-0.05, 0) is 73.2 Å². The first-order valence-corrected chi connectivity index (χ1v) is 12.9. The van der Waals surface area contributed by atoms with Crippen molar-refractivity contribution in [1.29, 1.82) is 0 Å². The molecule has 0 unspecified atom stereocenters. The zero-order valence-corrected chi connectivity index (χ0v) is 22.7. The number of fused-ring (bicyclic) bond motifs is 1. The fourth-order valence-corrected chi connectivity index (χ4v) is 4.76. The van der Waals surface area contributed by atoms with Gasteiger partial charge in [-0.25, -0.2) is 5.43 Å². The molecule has 6 nitrogen and oxygen atoms in total. The van der Waals surface area contributed by atoms with E-state index in [0.717, 1.165) is 44.7 Å². The van der Waals surface area contributed by atoms with Gasteiger partial charge >= 0.3 is 0 Å². The van der Waals surface area contributed by atoms with Gasteiger partial charge in [0.05, 0.1) is 18.9 Å². The SMILES string of the molecule is COc1cc2ccccc2cc1C(=O)N/N=C\c1cc(C)n(-c2ccc(OCc3ccccc3Cl)cc2)c1C. The fraction of sp³-hybridized carbons (Fsp3) is 0.125. The fourth-order valence-electron chi connectivity index (χ4n) is 4.57. The van der Waals surface area contributed by atoms with Gasteiger partial charge in [0.2, 0.25) is 0 Å². The number of aryl methyl sites for hydroxylation is 1. The normalized spacial score (nSPS) is 11.2. The Morgan fingerprint density at radius 1 is 0.949 bits per heavy atom. The Kier molecular flexibility index (Phi) is 7.66. The lowest BCUT2D eigenvalue weighted by Crippen LogP contribution is -2.18. The maximum Gasteiger partial charge on any atom is 0.275 e. The highest BCUT2D eigenvalue weighted by Gasteiger charge is 2.14. The molecule has 0 saturated heterocycles. The molecule has 0 atom stereocenters. The maximum atomic E-state index is 12.9. The van der Waals surface area contributed by atoms with Crippen LogP contribution < -0.4 is 14.9 Å². The molecule has 5 aromatic rings. The Morgan fingerprint density at radius 2 is 1.64 bits per heavy atom. The molecule has 0 aliphatic rings. The molecule has 196 valence electrons. The highest BCUT2D eigenvalue weighted by Crippen LogP contribution is 2.26.